The average molecular weight is 377 g/mol. The van der Waals surface area contributed by atoms with Gasteiger partial charge in [-0.3, -0.25) is 9.78 Å². The summed E-state index contributed by atoms with van der Waals surface area (Å²) in [5, 5.41) is 12.9. The van der Waals surface area contributed by atoms with Crippen molar-refractivity contribution in [1.29, 1.82) is 5.26 Å². The molecule has 1 amide bonds. The minimum absolute atomic E-state index is 0.381. The van der Waals surface area contributed by atoms with Crippen molar-refractivity contribution in [3.05, 3.63) is 41.1 Å². The molecule has 0 saturated heterocycles. The third kappa shape index (κ3) is 3.45. The van der Waals surface area contributed by atoms with Crippen molar-refractivity contribution < 1.29 is 14.3 Å². The maximum absolute atomic E-state index is 12.9. The van der Waals surface area contributed by atoms with Gasteiger partial charge in [0.05, 0.1) is 17.1 Å². The number of para-hydroxylation sites is 1. The van der Waals surface area contributed by atoms with Gasteiger partial charge < -0.3 is 10.1 Å². The van der Waals surface area contributed by atoms with E-state index >= 15 is 0 Å². The molecule has 6 heteroatoms. The molecule has 1 fully saturated rings. The topological polar surface area (TPSA) is 92.1 Å². The zero-order valence-corrected chi connectivity index (χ0v) is 15.8. The number of hydrogen-bond donors (Lipinski definition) is 1. The molecule has 1 saturated carbocycles. The van der Waals surface area contributed by atoms with Crippen molar-refractivity contribution in [3.63, 3.8) is 0 Å². The fraction of sp³-hybridized carbons (Fsp3) is 0.455. The van der Waals surface area contributed by atoms with Crippen molar-refractivity contribution in [2.24, 2.45) is 0 Å². The van der Waals surface area contributed by atoms with E-state index in [4.69, 9.17) is 9.72 Å². The molecule has 4 rings (SSSR count). The lowest BCUT2D eigenvalue weighted by Crippen LogP contribution is -2.46. The third-order valence-electron chi connectivity index (χ3n) is 5.76. The number of benzene rings is 1. The standard InChI is InChI=1S/C22H23N3O3/c23-14-22(11-5-6-12-22)25-19(26)13-28-21(27)20-15-7-1-3-9-17(15)24-18-10-4-2-8-16(18)20/h1,3,7,9H,2,4-6,8,10-13H2,(H,25,26). The normalized spacial score (nSPS) is 17.5. The second-order valence-corrected chi connectivity index (χ2v) is 7.66. The number of ether oxygens (including phenoxy) is 1. The molecule has 1 heterocycles. The largest absolute Gasteiger partial charge is 0.452 e. The van der Waals surface area contributed by atoms with Crippen LogP contribution in [0.1, 0.15) is 60.1 Å². The zero-order chi connectivity index (χ0) is 19.6. The summed E-state index contributed by atoms with van der Waals surface area (Å²) < 4.78 is 5.38. The van der Waals surface area contributed by atoms with E-state index in [1.165, 1.54) is 0 Å². The molecule has 144 valence electrons. The highest BCUT2D eigenvalue weighted by atomic mass is 16.5. The minimum Gasteiger partial charge on any atom is -0.452 e. The second kappa shape index (κ2) is 7.59. The number of pyridine rings is 1. The Kier molecular flexibility index (Phi) is 4.99. The molecule has 0 atom stereocenters. The first-order valence-electron chi connectivity index (χ1n) is 9.92. The molecule has 6 nitrogen and oxygen atoms in total. The molecule has 2 aliphatic carbocycles. The smallest absolute Gasteiger partial charge is 0.339 e. The molecule has 1 N–H and O–H groups in total. The fourth-order valence-corrected chi connectivity index (χ4v) is 4.36. The van der Waals surface area contributed by atoms with Crippen LogP contribution in [-0.4, -0.2) is 29.0 Å². The van der Waals surface area contributed by atoms with Gasteiger partial charge in [0.25, 0.3) is 5.91 Å². The quantitative estimate of drug-likeness (QED) is 0.826. The number of nitrogens with one attached hydrogen (secondary N) is 1. The van der Waals surface area contributed by atoms with Crippen LogP contribution in [0.2, 0.25) is 0 Å². The average Bonchev–Trinajstić information content (AvgIpc) is 3.19. The molecule has 0 unspecified atom stereocenters. The van der Waals surface area contributed by atoms with E-state index in [9.17, 15) is 14.9 Å². The Morgan fingerprint density at radius 3 is 2.68 bits per heavy atom. The highest BCUT2D eigenvalue weighted by Crippen LogP contribution is 2.30. The Bertz CT molecular complexity index is 971. The van der Waals surface area contributed by atoms with Gasteiger partial charge in [-0.25, -0.2) is 4.79 Å². The lowest BCUT2D eigenvalue weighted by atomic mass is 9.90. The summed E-state index contributed by atoms with van der Waals surface area (Å²) in [5.74, 6) is -0.923. The van der Waals surface area contributed by atoms with Crippen molar-refractivity contribution >= 4 is 22.8 Å². The fourth-order valence-electron chi connectivity index (χ4n) is 4.36. The van der Waals surface area contributed by atoms with Crippen LogP contribution in [0.25, 0.3) is 10.9 Å². The molecule has 1 aromatic heterocycles. The number of esters is 1. The van der Waals surface area contributed by atoms with Gasteiger partial charge in [0.2, 0.25) is 0 Å². The number of aromatic nitrogens is 1. The first-order chi connectivity index (χ1) is 13.6. The lowest BCUT2D eigenvalue weighted by Gasteiger charge is -2.22. The summed E-state index contributed by atoms with van der Waals surface area (Å²) in [7, 11) is 0. The van der Waals surface area contributed by atoms with Crippen molar-refractivity contribution in [2.75, 3.05) is 6.61 Å². The van der Waals surface area contributed by atoms with E-state index in [1.54, 1.807) is 0 Å². The Morgan fingerprint density at radius 2 is 1.89 bits per heavy atom. The van der Waals surface area contributed by atoms with Crippen LogP contribution in [-0.2, 0) is 22.4 Å². The van der Waals surface area contributed by atoms with Crippen molar-refractivity contribution in [1.82, 2.24) is 10.3 Å². The van der Waals surface area contributed by atoms with Gasteiger partial charge in [-0.15, -0.1) is 0 Å². The maximum atomic E-state index is 12.9. The summed E-state index contributed by atoms with van der Waals surface area (Å²) in [5.41, 5.74) is 2.39. The number of carbonyl (C=O) groups excluding carboxylic acids is 2. The van der Waals surface area contributed by atoms with E-state index in [2.05, 4.69) is 11.4 Å². The molecule has 0 spiro atoms. The van der Waals surface area contributed by atoms with E-state index in [0.717, 1.165) is 60.7 Å². The molecular weight excluding hydrogens is 354 g/mol. The summed E-state index contributed by atoms with van der Waals surface area (Å²) in [6.45, 7) is -0.381. The Morgan fingerprint density at radius 1 is 1.14 bits per heavy atom. The van der Waals surface area contributed by atoms with Crippen LogP contribution in [0.3, 0.4) is 0 Å². The number of fused-ring (bicyclic) bond motifs is 2. The maximum Gasteiger partial charge on any atom is 0.339 e. The molecule has 2 aromatic rings. The summed E-state index contributed by atoms with van der Waals surface area (Å²) in [6, 6.07) is 9.75. The monoisotopic (exact) mass is 377 g/mol. The predicted octanol–water partition coefficient (Wildman–Crippen LogP) is 3.22. The summed E-state index contributed by atoms with van der Waals surface area (Å²) >= 11 is 0. The van der Waals surface area contributed by atoms with Crippen LogP contribution in [0.4, 0.5) is 0 Å². The third-order valence-corrected chi connectivity index (χ3v) is 5.76. The van der Waals surface area contributed by atoms with Gasteiger partial charge >= 0.3 is 5.97 Å². The molecule has 0 aliphatic heterocycles. The molecule has 2 aliphatic rings. The van der Waals surface area contributed by atoms with Gasteiger partial charge in [0.1, 0.15) is 5.54 Å². The highest BCUT2D eigenvalue weighted by Gasteiger charge is 2.35. The van der Waals surface area contributed by atoms with Gasteiger partial charge in [-0.1, -0.05) is 18.2 Å². The number of nitrogens with zero attached hydrogens (tertiary/aromatic N) is 2. The molecular formula is C22H23N3O3. The molecule has 0 radical (unpaired) electrons. The number of amides is 1. The second-order valence-electron chi connectivity index (χ2n) is 7.66. The highest BCUT2D eigenvalue weighted by molar-refractivity contribution is 6.05. The van der Waals surface area contributed by atoms with Crippen molar-refractivity contribution in [2.45, 2.75) is 56.9 Å². The summed E-state index contributed by atoms with van der Waals surface area (Å²) in [4.78, 5) is 29.9. The van der Waals surface area contributed by atoms with E-state index in [-0.39, 0.29) is 6.61 Å². The lowest BCUT2D eigenvalue weighted by molar-refractivity contribution is -0.125. The Hall–Kier alpha value is -2.94. The first kappa shape index (κ1) is 18.4. The number of carbonyl (C=O) groups is 2. The van der Waals surface area contributed by atoms with Crippen LogP contribution < -0.4 is 5.32 Å². The summed E-state index contributed by atoms with van der Waals surface area (Å²) in [6.07, 6.45) is 6.85. The number of nitriles is 1. The van der Waals surface area contributed by atoms with Crippen molar-refractivity contribution in [3.8, 4) is 6.07 Å². The number of aryl methyl sites for hydroxylation is 1. The predicted molar refractivity (Wildman–Crippen MR) is 104 cm³/mol. The van der Waals surface area contributed by atoms with E-state index < -0.39 is 17.4 Å². The molecule has 0 bridgehead atoms. The molecule has 1 aromatic carbocycles. The van der Waals surface area contributed by atoms with E-state index in [0.29, 0.717) is 18.4 Å². The zero-order valence-electron chi connectivity index (χ0n) is 15.8. The molecule has 28 heavy (non-hydrogen) atoms. The van der Waals surface area contributed by atoms with Gasteiger partial charge in [-0.05, 0) is 63.0 Å². The Balaban J connectivity index is 1.54. The first-order valence-corrected chi connectivity index (χ1v) is 9.92. The van der Waals surface area contributed by atoms with Crippen LogP contribution in [0.15, 0.2) is 24.3 Å². The van der Waals surface area contributed by atoms with Gasteiger partial charge in [-0.2, -0.15) is 5.26 Å². The van der Waals surface area contributed by atoms with Crippen LogP contribution in [0, 0.1) is 11.3 Å². The van der Waals surface area contributed by atoms with Crippen LogP contribution >= 0.6 is 0 Å². The van der Waals surface area contributed by atoms with Gasteiger partial charge in [0.15, 0.2) is 6.61 Å². The SMILES string of the molecule is N#CC1(NC(=O)COC(=O)c2c3c(nc4ccccc24)CCCC3)CCCC1. The minimum atomic E-state index is -0.813. The number of rotatable bonds is 4. The Labute approximate surface area is 163 Å². The van der Waals surface area contributed by atoms with E-state index in [1.807, 2.05) is 24.3 Å². The van der Waals surface area contributed by atoms with Gasteiger partial charge in [0, 0.05) is 11.1 Å². The number of hydrogen-bond acceptors (Lipinski definition) is 5. The van der Waals surface area contributed by atoms with Crippen LogP contribution in [0.5, 0.6) is 0 Å².